The van der Waals surface area contributed by atoms with Gasteiger partial charge < -0.3 is 5.32 Å². The maximum absolute atomic E-state index is 6.67. The van der Waals surface area contributed by atoms with Gasteiger partial charge in [0.15, 0.2) is 0 Å². The molecule has 2 aromatic heterocycles. The van der Waals surface area contributed by atoms with E-state index in [1.165, 1.54) is 5.56 Å². The van der Waals surface area contributed by atoms with E-state index in [1.54, 1.807) is 0 Å². The minimum atomic E-state index is 0. The average Bonchev–Trinajstić information content (AvgIpc) is 2.67. The number of para-hydroxylation sites is 1. The van der Waals surface area contributed by atoms with Gasteiger partial charge in [-0.2, -0.15) is 0 Å². The normalized spacial score (nSPS) is 17.2. The Morgan fingerprint density at radius 2 is 2.00 bits per heavy atom. The summed E-state index contributed by atoms with van der Waals surface area (Å²) in [5, 5.41) is 5.39. The van der Waals surface area contributed by atoms with Gasteiger partial charge in [-0.05, 0) is 30.2 Å². The van der Waals surface area contributed by atoms with Gasteiger partial charge in [0.2, 0.25) is 0 Å². The molecule has 0 aliphatic carbocycles. The Hall–Kier alpha value is -1.43. The Balaban J connectivity index is 0.00000131. The molecule has 0 bridgehead atoms. The van der Waals surface area contributed by atoms with Crippen molar-refractivity contribution in [3.05, 3.63) is 70.6 Å². The standard InChI is InChI=1S/C20H21ClN4.2ClH/c1-14-16-6-2-3-7-17(16)24-18(20(14)21)13-25-10-9-23-12-19(25)15-5-4-8-22-11-15;;/h2-8,11,19,23H,9-10,12-13H2,1H3;2*1H. The van der Waals surface area contributed by atoms with Crippen molar-refractivity contribution in [2.24, 2.45) is 0 Å². The molecule has 0 amide bonds. The zero-order valence-corrected chi connectivity index (χ0v) is 17.4. The van der Waals surface area contributed by atoms with Gasteiger partial charge in [-0.3, -0.25) is 9.88 Å². The summed E-state index contributed by atoms with van der Waals surface area (Å²) in [4.78, 5) is 11.6. The molecule has 1 fully saturated rings. The van der Waals surface area contributed by atoms with Gasteiger partial charge in [-0.25, -0.2) is 4.98 Å². The lowest BCUT2D eigenvalue weighted by atomic mass is 10.0. The third kappa shape index (κ3) is 4.53. The summed E-state index contributed by atoms with van der Waals surface area (Å²) < 4.78 is 0. The largest absolute Gasteiger partial charge is 0.314 e. The van der Waals surface area contributed by atoms with Gasteiger partial charge in [-0.1, -0.05) is 35.9 Å². The van der Waals surface area contributed by atoms with Gasteiger partial charge in [0.05, 0.1) is 16.2 Å². The monoisotopic (exact) mass is 424 g/mol. The molecule has 144 valence electrons. The maximum Gasteiger partial charge on any atom is 0.0740 e. The van der Waals surface area contributed by atoms with E-state index in [0.29, 0.717) is 0 Å². The highest BCUT2D eigenvalue weighted by molar-refractivity contribution is 6.32. The fourth-order valence-corrected chi connectivity index (χ4v) is 3.76. The van der Waals surface area contributed by atoms with Gasteiger partial charge in [0, 0.05) is 50.0 Å². The van der Waals surface area contributed by atoms with Crippen LogP contribution < -0.4 is 5.32 Å². The summed E-state index contributed by atoms with van der Waals surface area (Å²) in [5.74, 6) is 0. The molecule has 4 nitrogen and oxygen atoms in total. The van der Waals surface area contributed by atoms with Crippen LogP contribution in [0.5, 0.6) is 0 Å². The van der Waals surface area contributed by atoms with Crippen molar-refractivity contribution in [2.45, 2.75) is 19.5 Å². The highest BCUT2D eigenvalue weighted by Gasteiger charge is 2.25. The number of hydrogen-bond acceptors (Lipinski definition) is 4. The Morgan fingerprint density at radius 1 is 1.19 bits per heavy atom. The molecule has 4 rings (SSSR count). The number of nitrogens with zero attached hydrogens (tertiary/aromatic N) is 3. The number of aromatic nitrogens is 2. The van der Waals surface area contributed by atoms with Crippen molar-refractivity contribution < 1.29 is 0 Å². The molecule has 0 saturated carbocycles. The van der Waals surface area contributed by atoms with Crippen molar-refractivity contribution in [2.75, 3.05) is 19.6 Å². The van der Waals surface area contributed by atoms with E-state index < -0.39 is 0 Å². The van der Waals surface area contributed by atoms with E-state index in [0.717, 1.165) is 53.4 Å². The maximum atomic E-state index is 6.67. The zero-order valence-electron chi connectivity index (χ0n) is 15.1. The molecule has 1 atom stereocenters. The van der Waals surface area contributed by atoms with E-state index >= 15 is 0 Å². The number of rotatable bonds is 3. The second-order valence-electron chi connectivity index (χ2n) is 6.49. The van der Waals surface area contributed by atoms with Crippen LogP contribution in [-0.4, -0.2) is 34.5 Å². The molecule has 1 unspecified atom stereocenters. The van der Waals surface area contributed by atoms with E-state index in [4.69, 9.17) is 16.6 Å². The molecular formula is C20H23Cl3N4. The Bertz CT molecular complexity index is 889. The third-order valence-electron chi connectivity index (χ3n) is 4.92. The van der Waals surface area contributed by atoms with Crippen molar-refractivity contribution in [3.8, 4) is 0 Å². The van der Waals surface area contributed by atoms with Gasteiger partial charge >= 0.3 is 0 Å². The Kier molecular flexibility index (Phi) is 7.83. The predicted octanol–water partition coefficient (Wildman–Crippen LogP) is 4.58. The molecule has 0 radical (unpaired) electrons. The second kappa shape index (κ2) is 9.67. The van der Waals surface area contributed by atoms with Crippen molar-refractivity contribution in [1.29, 1.82) is 0 Å². The molecule has 1 saturated heterocycles. The van der Waals surface area contributed by atoms with Crippen LogP contribution in [0.2, 0.25) is 5.02 Å². The first-order valence-corrected chi connectivity index (χ1v) is 9.00. The first-order valence-electron chi connectivity index (χ1n) is 8.62. The first kappa shape index (κ1) is 21.9. The summed E-state index contributed by atoms with van der Waals surface area (Å²) in [5.41, 5.74) is 4.29. The summed E-state index contributed by atoms with van der Waals surface area (Å²) in [6, 6.07) is 12.6. The number of fused-ring (bicyclic) bond motifs is 1. The molecule has 1 aliphatic heterocycles. The highest BCUT2D eigenvalue weighted by atomic mass is 35.5. The lowest BCUT2D eigenvalue weighted by Gasteiger charge is -2.36. The van der Waals surface area contributed by atoms with Crippen LogP contribution in [-0.2, 0) is 6.54 Å². The molecule has 1 aromatic carbocycles. The lowest BCUT2D eigenvalue weighted by Crippen LogP contribution is -2.45. The van der Waals surface area contributed by atoms with Gasteiger partial charge in [0.25, 0.3) is 0 Å². The second-order valence-corrected chi connectivity index (χ2v) is 6.87. The Morgan fingerprint density at radius 3 is 2.78 bits per heavy atom. The fourth-order valence-electron chi connectivity index (χ4n) is 3.55. The first-order chi connectivity index (χ1) is 12.2. The number of piperazine rings is 1. The quantitative estimate of drug-likeness (QED) is 0.667. The minimum Gasteiger partial charge on any atom is -0.314 e. The Labute approximate surface area is 177 Å². The summed E-state index contributed by atoms with van der Waals surface area (Å²) in [6.45, 7) is 5.66. The smallest absolute Gasteiger partial charge is 0.0740 e. The van der Waals surface area contributed by atoms with E-state index in [2.05, 4.69) is 40.3 Å². The lowest BCUT2D eigenvalue weighted by molar-refractivity contribution is 0.152. The summed E-state index contributed by atoms with van der Waals surface area (Å²) in [6.07, 6.45) is 3.76. The molecule has 0 spiro atoms. The average molecular weight is 426 g/mol. The summed E-state index contributed by atoms with van der Waals surface area (Å²) >= 11 is 6.67. The number of aryl methyl sites for hydroxylation is 1. The van der Waals surface area contributed by atoms with Crippen molar-refractivity contribution >= 4 is 47.3 Å². The predicted molar refractivity (Wildman–Crippen MR) is 116 cm³/mol. The van der Waals surface area contributed by atoms with Crippen molar-refractivity contribution in [1.82, 2.24) is 20.2 Å². The SMILES string of the molecule is Cc1c(Cl)c(CN2CCNCC2c2cccnc2)nc2ccccc12.Cl.Cl. The number of pyridine rings is 2. The van der Waals surface area contributed by atoms with Crippen LogP contribution in [0.3, 0.4) is 0 Å². The molecular weight excluding hydrogens is 403 g/mol. The van der Waals surface area contributed by atoms with Crippen LogP contribution in [0.25, 0.3) is 10.9 Å². The number of benzene rings is 1. The number of hydrogen-bond donors (Lipinski definition) is 1. The van der Waals surface area contributed by atoms with Crippen molar-refractivity contribution in [3.63, 3.8) is 0 Å². The minimum absolute atomic E-state index is 0. The van der Waals surface area contributed by atoms with Crippen LogP contribution in [0.4, 0.5) is 0 Å². The van der Waals surface area contributed by atoms with Crippen LogP contribution >= 0.6 is 36.4 Å². The molecule has 27 heavy (non-hydrogen) atoms. The molecule has 7 heteroatoms. The van der Waals surface area contributed by atoms with Gasteiger partial charge in [-0.15, -0.1) is 24.8 Å². The molecule has 1 N–H and O–H groups in total. The third-order valence-corrected chi connectivity index (χ3v) is 5.42. The number of nitrogens with one attached hydrogen (secondary N) is 1. The molecule has 3 heterocycles. The highest BCUT2D eigenvalue weighted by Crippen LogP contribution is 2.30. The molecule has 3 aromatic rings. The topological polar surface area (TPSA) is 41.0 Å². The van der Waals surface area contributed by atoms with E-state index in [9.17, 15) is 0 Å². The van der Waals surface area contributed by atoms with Crippen LogP contribution in [0.1, 0.15) is 22.9 Å². The molecule has 1 aliphatic rings. The van der Waals surface area contributed by atoms with Crippen LogP contribution in [0.15, 0.2) is 48.8 Å². The van der Waals surface area contributed by atoms with Gasteiger partial charge in [0.1, 0.15) is 0 Å². The van der Waals surface area contributed by atoms with E-state index in [-0.39, 0.29) is 30.9 Å². The zero-order chi connectivity index (χ0) is 17.2. The number of halogens is 3. The summed E-state index contributed by atoms with van der Waals surface area (Å²) in [7, 11) is 0. The van der Waals surface area contributed by atoms with E-state index in [1.807, 2.05) is 30.6 Å². The van der Waals surface area contributed by atoms with Crippen LogP contribution in [0, 0.1) is 6.92 Å². The fraction of sp³-hybridized carbons (Fsp3) is 0.300.